The van der Waals surface area contributed by atoms with Crippen molar-refractivity contribution in [2.24, 2.45) is 0 Å². The molecule has 2 rings (SSSR count). The molecule has 0 unspecified atom stereocenters. The van der Waals surface area contributed by atoms with E-state index in [4.69, 9.17) is 14.2 Å². The Balaban J connectivity index is 1.86. The molecule has 120 valence electrons. The first-order valence-electron chi connectivity index (χ1n) is 7.47. The van der Waals surface area contributed by atoms with Crippen LogP contribution >= 0.6 is 0 Å². The third kappa shape index (κ3) is 5.87. The van der Waals surface area contributed by atoms with Gasteiger partial charge in [0, 0.05) is 6.08 Å². The molecular formula is C19H20O4. The van der Waals surface area contributed by atoms with E-state index in [9.17, 15) is 4.79 Å². The molecule has 4 heteroatoms. The van der Waals surface area contributed by atoms with E-state index in [2.05, 4.69) is 0 Å². The van der Waals surface area contributed by atoms with Crippen LogP contribution in [0.4, 0.5) is 0 Å². The van der Waals surface area contributed by atoms with Gasteiger partial charge in [0.05, 0.1) is 6.61 Å². The molecular weight excluding hydrogens is 292 g/mol. The molecule has 0 radical (unpaired) electrons. The highest BCUT2D eigenvalue weighted by Crippen LogP contribution is 2.23. The molecule has 0 spiro atoms. The normalized spacial score (nSPS) is 11.0. The minimum Gasteiger partial charge on any atom is -0.489 e. The second-order valence-electron chi connectivity index (χ2n) is 4.92. The lowest BCUT2D eigenvalue weighted by molar-refractivity contribution is -0.137. The first kappa shape index (κ1) is 16.6. The summed E-state index contributed by atoms with van der Waals surface area (Å²) in [7, 11) is 0. The summed E-state index contributed by atoms with van der Waals surface area (Å²) in [5.74, 6) is 1.89. The lowest BCUT2D eigenvalue weighted by Gasteiger charge is -2.08. The fourth-order valence-corrected chi connectivity index (χ4v) is 1.85. The zero-order chi connectivity index (χ0) is 16.5. The average Bonchev–Trinajstić information content (AvgIpc) is 2.55. The van der Waals surface area contributed by atoms with Crippen LogP contribution in [0.25, 0.3) is 0 Å². The van der Waals surface area contributed by atoms with Gasteiger partial charge >= 0.3 is 5.97 Å². The third-order valence-corrected chi connectivity index (χ3v) is 2.92. The Kier molecular flexibility index (Phi) is 6.24. The first-order chi connectivity index (χ1) is 11.2. The van der Waals surface area contributed by atoms with E-state index in [0.717, 1.165) is 17.1 Å². The van der Waals surface area contributed by atoms with E-state index in [0.29, 0.717) is 19.0 Å². The standard InChI is InChI=1S/C19H20O4/c1-3-21-19(20)13-15(2)14-22-16-9-11-18(12-10-16)23-17-7-5-4-6-8-17/h4-13H,3,14H2,1-2H3. The summed E-state index contributed by atoms with van der Waals surface area (Å²) in [5.41, 5.74) is 0.799. The lowest BCUT2D eigenvalue weighted by Crippen LogP contribution is -2.04. The van der Waals surface area contributed by atoms with Crippen molar-refractivity contribution in [1.82, 2.24) is 0 Å². The fourth-order valence-electron chi connectivity index (χ4n) is 1.85. The molecule has 0 aliphatic carbocycles. The zero-order valence-electron chi connectivity index (χ0n) is 13.3. The Bertz CT molecular complexity index is 645. The fraction of sp³-hybridized carbons (Fsp3) is 0.211. The Hall–Kier alpha value is -2.75. The molecule has 0 amide bonds. The summed E-state index contributed by atoms with van der Waals surface area (Å²) < 4.78 is 16.2. The number of ether oxygens (including phenoxy) is 3. The maximum atomic E-state index is 11.3. The van der Waals surface area contributed by atoms with Crippen LogP contribution in [0.3, 0.4) is 0 Å². The van der Waals surface area contributed by atoms with Gasteiger partial charge in [-0.1, -0.05) is 18.2 Å². The molecule has 0 saturated heterocycles. The van der Waals surface area contributed by atoms with Crippen molar-refractivity contribution in [3.63, 3.8) is 0 Å². The van der Waals surface area contributed by atoms with Gasteiger partial charge in [0.2, 0.25) is 0 Å². The summed E-state index contributed by atoms with van der Waals surface area (Å²) in [5, 5.41) is 0. The van der Waals surface area contributed by atoms with Gasteiger partial charge in [-0.3, -0.25) is 0 Å². The predicted molar refractivity (Wildman–Crippen MR) is 88.8 cm³/mol. The number of esters is 1. The van der Waals surface area contributed by atoms with Crippen molar-refractivity contribution >= 4 is 5.97 Å². The molecule has 0 heterocycles. The molecule has 0 aromatic heterocycles. The van der Waals surface area contributed by atoms with E-state index in [1.54, 1.807) is 6.92 Å². The van der Waals surface area contributed by atoms with Crippen LogP contribution in [0.2, 0.25) is 0 Å². The van der Waals surface area contributed by atoms with Crippen LogP contribution in [-0.2, 0) is 9.53 Å². The van der Waals surface area contributed by atoms with Crippen LogP contribution in [0.5, 0.6) is 17.2 Å². The Morgan fingerprint density at radius 1 is 0.957 bits per heavy atom. The van der Waals surface area contributed by atoms with E-state index in [-0.39, 0.29) is 5.97 Å². The summed E-state index contributed by atoms with van der Waals surface area (Å²) in [6.07, 6.45) is 1.44. The number of rotatable bonds is 7. The minimum absolute atomic E-state index is 0.331. The van der Waals surface area contributed by atoms with Crippen LogP contribution in [-0.4, -0.2) is 19.2 Å². The predicted octanol–water partition coefficient (Wildman–Crippen LogP) is 4.37. The van der Waals surface area contributed by atoms with Gasteiger partial charge in [-0.15, -0.1) is 0 Å². The van der Waals surface area contributed by atoms with Crippen molar-refractivity contribution in [3.05, 3.63) is 66.2 Å². The van der Waals surface area contributed by atoms with E-state index in [1.165, 1.54) is 6.08 Å². The summed E-state index contributed by atoms with van der Waals surface area (Å²) in [4.78, 5) is 11.3. The summed E-state index contributed by atoms with van der Waals surface area (Å²) in [6.45, 7) is 4.30. The SMILES string of the molecule is CCOC(=O)C=C(C)COc1ccc(Oc2ccccc2)cc1. The third-order valence-electron chi connectivity index (χ3n) is 2.92. The van der Waals surface area contributed by atoms with Crippen LogP contribution < -0.4 is 9.47 Å². The van der Waals surface area contributed by atoms with Gasteiger partial charge in [-0.2, -0.15) is 0 Å². The monoisotopic (exact) mass is 312 g/mol. The van der Waals surface area contributed by atoms with Crippen molar-refractivity contribution in [1.29, 1.82) is 0 Å². The number of hydrogen-bond acceptors (Lipinski definition) is 4. The van der Waals surface area contributed by atoms with Crippen molar-refractivity contribution in [3.8, 4) is 17.2 Å². The maximum absolute atomic E-state index is 11.3. The lowest BCUT2D eigenvalue weighted by atomic mass is 10.3. The number of hydrogen-bond donors (Lipinski definition) is 0. The molecule has 23 heavy (non-hydrogen) atoms. The quantitative estimate of drug-likeness (QED) is 0.562. The molecule has 0 aliphatic rings. The molecule has 0 aliphatic heterocycles. The molecule has 0 atom stereocenters. The second kappa shape index (κ2) is 8.63. The summed E-state index contributed by atoms with van der Waals surface area (Å²) >= 11 is 0. The second-order valence-corrected chi connectivity index (χ2v) is 4.92. The largest absolute Gasteiger partial charge is 0.489 e. The number of benzene rings is 2. The molecule has 2 aromatic carbocycles. The Morgan fingerprint density at radius 2 is 1.57 bits per heavy atom. The van der Waals surface area contributed by atoms with Gasteiger partial charge in [0.15, 0.2) is 0 Å². The molecule has 0 N–H and O–H groups in total. The average molecular weight is 312 g/mol. The van der Waals surface area contributed by atoms with Crippen molar-refractivity contribution in [2.45, 2.75) is 13.8 Å². The first-order valence-corrected chi connectivity index (χ1v) is 7.47. The smallest absolute Gasteiger partial charge is 0.330 e. The molecule has 0 saturated carbocycles. The highest BCUT2D eigenvalue weighted by Gasteiger charge is 2.01. The van der Waals surface area contributed by atoms with Gasteiger partial charge in [-0.05, 0) is 55.8 Å². The summed E-state index contributed by atoms with van der Waals surface area (Å²) in [6, 6.07) is 16.9. The molecule has 0 bridgehead atoms. The number of carbonyl (C=O) groups excluding carboxylic acids is 1. The highest BCUT2D eigenvalue weighted by atomic mass is 16.5. The molecule has 4 nitrogen and oxygen atoms in total. The van der Waals surface area contributed by atoms with Gasteiger partial charge in [0.25, 0.3) is 0 Å². The van der Waals surface area contributed by atoms with E-state index in [1.807, 2.05) is 61.5 Å². The molecule has 2 aromatic rings. The van der Waals surface area contributed by atoms with Crippen molar-refractivity contribution < 1.29 is 19.0 Å². The minimum atomic E-state index is -0.347. The van der Waals surface area contributed by atoms with Gasteiger partial charge in [-0.25, -0.2) is 4.79 Å². The molecule has 0 fully saturated rings. The maximum Gasteiger partial charge on any atom is 0.330 e. The van der Waals surface area contributed by atoms with Gasteiger partial charge in [0.1, 0.15) is 23.9 Å². The van der Waals surface area contributed by atoms with Gasteiger partial charge < -0.3 is 14.2 Å². The van der Waals surface area contributed by atoms with E-state index < -0.39 is 0 Å². The van der Waals surface area contributed by atoms with Crippen molar-refractivity contribution in [2.75, 3.05) is 13.2 Å². The number of carbonyl (C=O) groups is 1. The highest BCUT2D eigenvalue weighted by molar-refractivity contribution is 5.82. The van der Waals surface area contributed by atoms with E-state index >= 15 is 0 Å². The van der Waals surface area contributed by atoms with Crippen LogP contribution in [0, 0.1) is 0 Å². The Labute approximate surface area is 136 Å². The number of para-hydroxylation sites is 1. The van der Waals surface area contributed by atoms with Crippen LogP contribution in [0.15, 0.2) is 66.2 Å². The topological polar surface area (TPSA) is 44.8 Å². The van der Waals surface area contributed by atoms with Crippen LogP contribution in [0.1, 0.15) is 13.8 Å². The Morgan fingerprint density at radius 3 is 2.22 bits per heavy atom. The zero-order valence-corrected chi connectivity index (χ0v) is 13.3.